The Morgan fingerprint density at radius 2 is 2.00 bits per heavy atom. The van der Waals surface area contributed by atoms with E-state index in [-0.39, 0.29) is 0 Å². The van der Waals surface area contributed by atoms with Gasteiger partial charge in [0, 0.05) is 30.2 Å². The van der Waals surface area contributed by atoms with Gasteiger partial charge in [0.05, 0.1) is 6.33 Å². The molecule has 1 aromatic heterocycles. The highest BCUT2D eigenvalue weighted by Crippen LogP contribution is 2.45. The van der Waals surface area contributed by atoms with Gasteiger partial charge in [0.25, 0.3) is 0 Å². The molecule has 0 amide bonds. The van der Waals surface area contributed by atoms with Gasteiger partial charge in [-0.25, -0.2) is 4.98 Å². The first-order chi connectivity index (χ1) is 9.06. The Labute approximate surface area is 114 Å². The lowest BCUT2D eigenvalue weighted by Gasteiger charge is -2.16. The van der Waals surface area contributed by atoms with Crippen molar-refractivity contribution in [3.63, 3.8) is 0 Å². The number of aromatic nitrogens is 2. The molecular weight excluding hydrogens is 234 g/mol. The van der Waals surface area contributed by atoms with Crippen LogP contribution in [0.4, 0.5) is 0 Å². The second-order valence-electron chi connectivity index (χ2n) is 6.20. The maximum absolute atomic E-state index is 4.07. The maximum atomic E-state index is 4.07. The zero-order chi connectivity index (χ0) is 13.5. The molecule has 1 fully saturated rings. The molecule has 1 heterocycles. The number of imidazole rings is 1. The van der Waals surface area contributed by atoms with Crippen molar-refractivity contribution in [2.75, 3.05) is 0 Å². The minimum Gasteiger partial charge on any atom is -0.307 e. The van der Waals surface area contributed by atoms with Crippen LogP contribution in [0.15, 0.2) is 43.0 Å². The first kappa shape index (κ1) is 12.4. The van der Waals surface area contributed by atoms with Crippen LogP contribution in [0, 0.1) is 5.41 Å². The first-order valence-electron chi connectivity index (χ1n) is 6.90. The molecule has 1 aliphatic rings. The smallest absolute Gasteiger partial charge is 0.0991 e. The third kappa shape index (κ3) is 2.56. The molecule has 1 N–H and O–H groups in total. The molecule has 0 bridgehead atoms. The van der Waals surface area contributed by atoms with E-state index in [1.54, 1.807) is 6.20 Å². The number of hydrogen-bond donors (Lipinski definition) is 1. The second kappa shape index (κ2) is 4.49. The zero-order valence-electron chi connectivity index (χ0n) is 11.8. The van der Waals surface area contributed by atoms with Crippen LogP contribution in [0.5, 0.6) is 0 Å². The highest BCUT2D eigenvalue weighted by molar-refractivity contribution is 5.35. The summed E-state index contributed by atoms with van der Waals surface area (Å²) < 4.78 is 2.02. The van der Waals surface area contributed by atoms with Crippen molar-refractivity contribution in [3.05, 3.63) is 48.5 Å². The monoisotopic (exact) mass is 255 g/mol. The van der Waals surface area contributed by atoms with Gasteiger partial charge in [0.1, 0.15) is 0 Å². The van der Waals surface area contributed by atoms with E-state index in [0.29, 0.717) is 17.5 Å². The zero-order valence-corrected chi connectivity index (χ0v) is 11.8. The average molecular weight is 255 g/mol. The molecule has 3 nitrogen and oxygen atoms in total. The van der Waals surface area contributed by atoms with Crippen molar-refractivity contribution in [1.29, 1.82) is 0 Å². The molecule has 3 rings (SSSR count). The molecule has 0 aliphatic heterocycles. The van der Waals surface area contributed by atoms with Crippen molar-refractivity contribution in [2.45, 2.75) is 39.3 Å². The van der Waals surface area contributed by atoms with Crippen molar-refractivity contribution in [1.82, 2.24) is 14.9 Å². The molecule has 1 aromatic carbocycles. The van der Waals surface area contributed by atoms with E-state index in [1.807, 2.05) is 17.1 Å². The van der Waals surface area contributed by atoms with Crippen LogP contribution >= 0.6 is 0 Å². The molecule has 1 saturated carbocycles. The molecule has 1 aliphatic carbocycles. The Morgan fingerprint density at radius 3 is 2.53 bits per heavy atom. The predicted molar refractivity (Wildman–Crippen MR) is 77.3 cm³/mol. The molecule has 2 aromatic rings. The number of nitrogens with one attached hydrogen (secondary N) is 1. The molecule has 2 atom stereocenters. The van der Waals surface area contributed by atoms with Gasteiger partial charge in [-0.3, -0.25) is 0 Å². The summed E-state index contributed by atoms with van der Waals surface area (Å²) in [5, 5.41) is 3.70. The summed E-state index contributed by atoms with van der Waals surface area (Å²) >= 11 is 0. The lowest BCUT2D eigenvalue weighted by molar-refractivity contribution is 0.492. The van der Waals surface area contributed by atoms with Crippen molar-refractivity contribution >= 4 is 0 Å². The molecule has 19 heavy (non-hydrogen) atoms. The van der Waals surface area contributed by atoms with E-state index < -0.39 is 0 Å². The Hall–Kier alpha value is -1.61. The second-order valence-corrected chi connectivity index (χ2v) is 6.20. The Balaban J connectivity index is 1.69. The predicted octanol–water partition coefficient (Wildman–Crippen LogP) is 3.32. The highest BCUT2D eigenvalue weighted by atomic mass is 15.0. The number of rotatable bonds is 4. The van der Waals surface area contributed by atoms with E-state index in [9.17, 15) is 0 Å². The molecule has 2 unspecified atom stereocenters. The first-order valence-corrected chi connectivity index (χ1v) is 6.90. The van der Waals surface area contributed by atoms with Crippen LogP contribution < -0.4 is 5.32 Å². The van der Waals surface area contributed by atoms with Gasteiger partial charge in [-0.1, -0.05) is 26.0 Å². The van der Waals surface area contributed by atoms with Crippen LogP contribution in [0.25, 0.3) is 5.69 Å². The fourth-order valence-corrected chi connectivity index (χ4v) is 2.50. The van der Waals surface area contributed by atoms with Gasteiger partial charge < -0.3 is 9.88 Å². The third-order valence-corrected chi connectivity index (χ3v) is 4.16. The van der Waals surface area contributed by atoms with E-state index in [1.165, 1.54) is 12.0 Å². The quantitative estimate of drug-likeness (QED) is 0.908. The van der Waals surface area contributed by atoms with E-state index >= 15 is 0 Å². The van der Waals surface area contributed by atoms with Crippen LogP contribution in [0.1, 0.15) is 38.8 Å². The SMILES string of the molecule is CC(NC1CC1(C)C)c1ccc(-n2ccnc2)cc1. The summed E-state index contributed by atoms with van der Waals surface area (Å²) in [7, 11) is 0. The average Bonchev–Trinajstić information content (AvgIpc) is 2.85. The number of nitrogens with zero attached hydrogens (tertiary/aromatic N) is 2. The maximum Gasteiger partial charge on any atom is 0.0991 e. The largest absolute Gasteiger partial charge is 0.307 e. The lowest BCUT2D eigenvalue weighted by Crippen LogP contribution is -2.24. The standard InChI is InChI=1S/C16H21N3/c1-12(18-15-10-16(15,2)3)13-4-6-14(7-5-13)19-9-8-17-11-19/h4-9,11-12,15,18H,10H2,1-3H3. The van der Waals surface area contributed by atoms with E-state index in [0.717, 1.165) is 5.69 Å². The fraction of sp³-hybridized carbons (Fsp3) is 0.438. The molecule has 0 spiro atoms. The summed E-state index contributed by atoms with van der Waals surface area (Å²) in [5.74, 6) is 0. The highest BCUT2D eigenvalue weighted by Gasteiger charge is 2.45. The summed E-state index contributed by atoms with van der Waals surface area (Å²) in [6.07, 6.45) is 6.87. The van der Waals surface area contributed by atoms with Gasteiger partial charge in [-0.05, 0) is 36.5 Å². The lowest BCUT2D eigenvalue weighted by atomic mass is 10.1. The number of benzene rings is 1. The Kier molecular flexibility index (Phi) is 2.94. The Morgan fingerprint density at radius 1 is 1.32 bits per heavy atom. The van der Waals surface area contributed by atoms with Crippen molar-refractivity contribution in [2.24, 2.45) is 5.41 Å². The van der Waals surface area contributed by atoms with E-state index in [4.69, 9.17) is 0 Å². The summed E-state index contributed by atoms with van der Waals surface area (Å²) in [4.78, 5) is 4.07. The summed E-state index contributed by atoms with van der Waals surface area (Å²) in [6, 6.07) is 9.75. The summed E-state index contributed by atoms with van der Waals surface area (Å²) in [6.45, 7) is 6.87. The fourth-order valence-electron chi connectivity index (χ4n) is 2.50. The minimum atomic E-state index is 0.406. The van der Waals surface area contributed by atoms with Gasteiger partial charge in [-0.15, -0.1) is 0 Å². The van der Waals surface area contributed by atoms with Gasteiger partial charge in [-0.2, -0.15) is 0 Å². The third-order valence-electron chi connectivity index (χ3n) is 4.16. The normalized spacial score (nSPS) is 22.2. The number of hydrogen-bond acceptors (Lipinski definition) is 2. The van der Waals surface area contributed by atoms with E-state index in [2.05, 4.69) is 55.3 Å². The van der Waals surface area contributed by atoms with Crippen LogP contribution in [-0.2, 0) is 0 Å². The van der Waals surface area contributed by atoms with Gasteiger partial charge in [0.15, 0.2) is 0 Å². The molecule has 0 radical (unpaired) electrons. The van der Waals surface area contributed by atoms with Crippen LogP contribution in [-0.4, -0.2) is 15.6 Å². The van der Waals surface area contributed by atoms with Crippen LogP contribution in [0.3, 0.4) is 0 Å². The van der Waals surface area contributed by atoms with Crippen LogP contribution in [0.2, 0.25) is 0 Å². The van der Waals surface area contributed by atoms with Gasteiger partial charge in [0.2, 0.25) is 0 Å². The molecule has 100 valence electrons. The molecule has 3 heteroatoms. The van der Waals surface area contributed by atoms with Crippen molar-refractivity contribution in [3.8, 4) is 5.69 Å². The topological polar surface area (TPSA) is 29.9 Å². The minimum absolute atomic E-state index is 0.406. The summed E-state index contributed by atoms with van der Waals surface area (Å²) in [5.41, 5.74) is 2.97. The van der Waals surface area contributed by atoms with Gasteiger partial charge >= 0.3 is 0 Å². The molecular formula is C16H21N3. The molecule has 0 saturated heterocycles. The Bertz CT molecular complexity index is 540. The van der Waals surface area contributed by atoms with Crippen molar-refractivity contribution < 1.29 is 0 Å².